The summed E-state index contributed by atoms with van der Waals surface area (Å²) in [6.07, 6.45) is 8.71. The van der Waals surface area contributed by atoms with E-state index in [4.69, 9.17) is 0 Å². The summed E-state index contributed by atoms with van der Waals surface area (Å²) < 4.78 is 0.529. The van der Waals surface area contributed by atoms with Crippen molar-refractivity contribution >= 4 is 37.9 Å². The molecular weight excluding hydrogens is 330 g/mol. The smallest absolute Gasteiger partial charge is 0.0697 e. The Labute approximate surface area is 116 Å². The zero-order valence-corrected chi connectivity index (χ0v) is 12.9. The summed E-state index contributed by atoms with van der Waals surface area (Å²) in [5.74, 6) is 0. The number of hydrogen-bond donors (Lipinski definition) is 0. The maximum Gasteiger partial charge on any atom is 0.0697 e. The second-order valence-corrected chi connectivity index (χ2v) is 6.78. The van der Waals surface area contributed by atoms with Gasteiger partial charge < -0.3 is 0 Å². The molecule has 0 amide bonds. The largest absolute Gasteiger partial charge is 0.257 e. The first-order valence-corrected chi connectivity index (χ1v) is 7.35. The van der Waals surface area contributed by atoms with Crippen LogP contribution in [0.3, 0.4) is 0 Å². The number of hydrogen-bond acceptors (Lipinski definition) is 1. The maximum atomic E-state index is 3.98. The van der Waals surface area contributed by atoms with Crippen LogP contribution < -0.4 is 0 Å². The van der Waals surface area contributed by atoms with E-state index < -0.39 is 0 Å². The molecule has 0 saturated carbocycles. The van der Waals surface area contributed by atoms with Gasteiger partial charge in [0.1, 0.15) is 0 Å². The minimum absolute atomic E-state index is 0.529. The number of pyridine rings is 1. The summed E-state index contributed by atoms with van der Waals surface area (Å²) in [6, 6.07) is 5.73. The quantitative estimate of drug-likeness (QED) is 0.512. The highest BCUT2D eigenvalue weighted by Gasteiger charge is 1.94. The van der Waals surface area contributed by atoms with Gasteiger partial charge in [-0.1, -0.05) is 70.7 Å². The SMILES string of the molecule is C=Cc1ccccn1.CCCCCC(Br)Br. The van der Waals surface area contributed by atoms with E-state index in [1.54, 1.807) is 12.3 Å². The summed E-state index contributed by atoms with van der Waals surface area (Å²) in [4.78, 5) is 3.98. The molecule has 0 radical (unpaired) electrons. The van der Waals surface area contributed by atoms with E-state index in [1.165, 1.54) is 25.7 Å². The van der Waals surface area contributed by atoms with E-state index in [0.717, 1.165) is 5.69 Å². The predicted octanol–water partition coefficient (Wildman–Crippen LogP) is 5.41. The Morgan fingerprint density at radius 3 is 2.50 bits per heavy atom. The zero-order chi connectivity index (χ0) is 12.2. The van der Waals surface area contributed by atoms with Crippen LogP contribution in [0.4, 0.5) is 0 Å². The van der Waals surface area contributed by atoms with Gasteiger partial charge in [-0.15, -0.1) is 0 Å². The summed E-state index contributed by atoms with van der Waals surface area (Å²) in [7, 11) is 0. The van der Waals surface area contributed by atoms with E-state index in [2.05, 4.69) is 50.3 Å². The molecule has 0 spiro atoms. The predicted molar refractivity (Wildman–Crippen MR) is 80.1 cm³/mol. The minimum atomic E-state index is 0.529. The molecule has 0 unspecified atom stereocenters. The van der Waals surface area contributed by atoms with Crippen molar-refractivity contribution in [3.8, 4) is 0 Å². The van der Waals surface area contributed by atoms with E-state index in [1.807, 2.05) is 18.2 Å². The molecule has 1 rings (SSSR count). The van der Waals surface area contributed by atoms with Crippen LogP contribution in [0.5, 0.6) is 0 Å². The van der Waals surface area contributed by atoms with Crippen molar-refractivity contribution in [1.82, 2.24) is 4.98 Å². The van der Waals surface area contributed by atoms with Crippen LogP contribution in [0.2, 0.25) is 0 Å². The van der Waals surface area contributed by atoms with Gasteiger partial charge in [0.2, 0.25) is 0 Å². The first-order chi connectivity index (χ1) is 7.70. The molecule has 1 aromatic heterocycles. The maximum absolute atomic E-state index is 3.98. The van der Waals surface area contributed by atoms with Gasteiger partial charge >= 0.3 is 0 Å². The van der Waals surface area contributed by atoms with Gasteiger partial charge in [0, 0.05) is 6.20 Å². The summed E-state index contributed by atoms with van der Waals surface area (Å²) in [5.41, 5.74) is 0.924. The highest BCUT2D eigenvalue weighted by molar-refractivity contribution is 9.24. The molecule has 1 heterocycles. The molecule has 0 atom stereocenters. The molecule has 0 aromatic carbocycles. The fourth-order valence-electron chi connectivity index (χ4n) is 1.05. The first-order valence-electron chi connectivity index (χ1n) is 5.52. The van der Waals surface area contributed by atoms with Crippen LogP contribution in [-0.4, -0.2) is 8.72 Å². The van der Waals surface area contributed by atoms with Crippen molar-refractivity contribution in [3.05, 3.63) is 36.7 Å². The Morgan fingerprint density at radius 1 is 1.38 bits per heavy atom. The Kier molecular flexibility index (Phi) is 11.2. The number of rotatable bonds is 5. The Hall–Kier alpha value is -0.150. The third-order valence-electron chi connectivity index (χ3n) is 1.92. The highest BCUT2D eigenvalue weighted by atomic mass is 79.9. The van der Waals surface area contributed by atoms with Crippen molar-refractivity contribution in [2.24, 2.45) is 0 Å². The number of unbranched alkanes of at least 4 members (excludes halogenated alkanes) is 2. The Balaban J connectivity index is 0.000000281. The van der Waals surface area contributed by atoms with Gasteiger partial charge in [0.05, 0.1) is 9.43 Å². The van der Waals surface area contributed by atoms with Crippen molar-refractivity contribution in [3.63, 3.8) is 0 Å². The number of aromatic nitrogens is 1. The minimum Gasteiger partial charge on any atom is -0.257 e. The Morgan fingerprint density at radius 2 is 2.12 bits per heavy atom. The fourth-order valence-corrected chi connectivity index (χ4v) is 1.69. The van der Waals surface area contributed by atoms with Gasteiger partial charge in [-0.25, -0.2) is 0 Å². The standard InChI is InChI=1S/C7H7N.C6H12Br2/c1-2-7-5-3-4-6-8-7;1-2-3-4-5-6(7)8/h2-6H,1H2;6H,2-5H2,1H3. The molecule has 0 N–H and O–H groups in total. The second-order valence-electron chi connectivity index (χ2n) is 3.35. The third kappa shape index (κ3) is 10.4. The lowest BCUT2D eigenvalue weighted by Gasteiger charge is -1.97. The molecule has 3 heteroatoms. The lowest BCUT2D eigenvalue weighted by molar-refractivity contribution is 0.701. The molecule has 1 aromatic rings. The van der Waals surface area contributed by atoms with E-state index >= 15 is 0 Å². The van der Waals surface area contributed by atoms with Gasteiger partial charge in [0.15, 0.2) is 0 Å². The molecule has 0 fully saturated rings. The first kappa shape index (κ1) is 15.9. The lowest BCUT2D eigenvalue weighted by atomic mass is 10.2. The van der Waals surface area contributed by atoms with Crippen molar-refractivity contribution in [2.45, 2.75) is 36.3 Å². The second kappa shape index (κ2) is 11.3. The van der Waals surface area contributed by atoms with Crippen LogP contribution in [0.15, 0.2) is 31.0 Å². The van der Waals surface area contributed by atoms with Crippen molar-refractivity contribution in [1.29, 1.82) is 0 Å². The fraction of sp³-hybridized carbons (Fsp3) is 0.462. The molecule has 0 aliphatic carbocycles. The number of alkyl halides is 2. The number of nitrogens with zero attached hydrogens (tertiary/aromatic N) is 1. The van der Waals surface area contributed by atoms with E-state index in [0.29, 0.717) is 3.74 Å². The molecule has 0 aliphatic rings. The molecule has 16 heavy (non-hydrogen) atoms. The molecule has 0 saturated heterocycles. The summed E-state index contributed by atoms with van der Waals surface area (Å²) in [5, 5.41) is 0. The lowest BCUT2D eigenvalue weighted by Crippen LogP contribution is -1.83. The van der Waals surface area contributed by atoms with Gasteiger partial charge in [-0.05, 0) is 24.6 Å². The van der Waals surface area contributed by atoms with Gasteiger partial charge in [0.25, 0.3) is 0 Å². The third-order valence-corrected chi connectivity index (χ3v) is 2.84. The zero-order valence-electron chi connectivity index (χ0n) is 9.70. The molecule has 0 aliphatic heterocycles. The van der Waals surface area contributed by atoms with Crippen molar-refractivity contribution < 1.29 is 0 Å². The average molecular weight is 349 g/mol. The van der Waals surface area contributed by atoms with Gasteiger partial charge in [-0.3, -0.25) is 4.98 Å². The average Bonchev–Trinajstić information content (AvgIpc) is 2.31. The van der Waals surface area contributed by atoms with Crippen LogP contribution in [0.25, 0.3) is 6.08 Å². The van der Waals surface area contributed by atoms with E-state index in [9.17, 15) is 0 Å². The normalized spacial score (nSPS) is 9.50. The van der Waals surface area contributed by atoms with Gasteiger partial charge in [-0.2, -0.15) is 0 Å². The van der Waals surface area contributed by atoms with Crippen LogP contribution in [0.1, 0.15) is 38.3 Å². The van der Waals surface area contributed by atoms with E-state index in [-0.39, 0.29) is 0 Å². The van der Waals surface area contributed by atoms with Crippen LogP contribution in [-0.2, 0) is 0 Å². The topological polar surface area (TPSA) is 12.9 Å². The van der Waals surface area contributed by atoms with Crippen molar-refractivity contribution in [2.75, 3.05) is 0 Å². The Bertz CT molecular complexity index is 260. The monoisotopic (exact) mass is 347 g/mol. The van der Waals surface area contributed by atoms with Crippen LogP contribution >= 0.6 is 31.9 Å². The summed E-state index contributed by atoms with van der Waals surface area (Å²) >= 11 is 6.84. The molecular formula is C13H19Br2N. The summed E-state index contributed by atoms with van der Waals surface area (Å²) in [6.45, 7) is 5.79. The molecule has 1 nitrogen and oxygen atoms in total. The number of halogens is 2. The van der Waals surface area contributed by atoms with Crippen LogP contribution in [0, 0.1) is 0 Å². The molecule has 0 bridgehead atoms. The highest BCUT2D eigenvalue weighted by Crippen LogP contribution is 2.15. The molecule has 90 valence electrons.